The third-order valence-corrected chi connectivity index (χ3v) is 5.18. The van der Waals surface area contributed by atoms with Gasteiger partial charge in [-0.05, 0) is 13.8 Å². The van der Waals surface area contributed by atoms with Gasteiger partial charge in [0.25, 0.3) is 10.0 Å². The van der Waals surface area contributed by atoms with Crippen LogP contribution < -0.4 is 4.72 Å². The Balaban J connectivity index is 2.18. The molecule has 0 saturated carbocycles. The molecular formula is C9H10ClN3O3S2. The molecule has 0 radical (unpaired) electrons. The number of aryl methyl sites for hydroxylation is 1. The molecule has 98 valence electrons. The molecule has 0 bridgehead atoms. The van der Waals surface area contributed by atoms with Crippen LogP contribution in [0.3, 0.4) is 0 Å². The van der Waals surface area contributed by atoms with Crippen LogP contribution in [0.5, 0.6) is 0 Å². The summed E-state index contributed by atoms with van der Waals surface area (Å²) in [5.74, 6) is 0.934. The van der Waals surface area contributed by atoms with Gasteiger partial charge in [0.2, 0.25) is 5.89 Å². The molecule has 1 unspecified atom stereocenters. The molecule has 0 fully saturated rings. The fraction of sp³-hybridized carbons (Fsp3) is 0.333. The smallest absolute Gasteiger partial charge is 0.252 e. The second-order valence-electron chi connectivity index (χ2n) is 3.58. The fourth-order valence-electron chi connectivity index (χ4n) is 1.28. The Kier molecular flexibility index (Phi) is 3.71. The lowest BCUT2D eigenvalue weighted by atomic mass is 10.4. The van der Waals surface area contributed by atoms with Gasteiger partial charge in [-0.25, -0.2) is 18.4 Å². The molecule has 0 saturated heterocycles. The number of hydrogen-bond donors (Lipinski definition) is 1. The highest BCUT2D eigenvalue weighted by Gasteiger charge is 2.23. The number of oxazole rings is 1. The van der Waals surface area contributed by atoms with E-state index in [0.29, 0.717) is 11.7 Å². The Bertz CT molecular complexity index is 650. The van der Waals surface area contributed by atoms with Crippen molar-refractivity contribution in [3.8, 4) is 0 Å². The Hall–Kier alpha value is -0.960. The van der Waals surface area contributed by atoms with Gasteiger partial charge in [0.15, 0.2) is 8.68 Å². The number of halogens is 1. The topological polar surface area (TPSA) is 85.1 Å². The highest BCUT2D eigenvalue weighted by Crippen LogP contribution is 2.24. The Morgan fingerprint density at radius 1 is 1.44 bits per heavy atom. The Morgan fingerprint density at radius 2 is 2.17 bits per heavy atom. The van der Waals surface area contributed by atoms with Crippen LogP contribution in [0.2, 0.25) is 4.47 Å². The van der Waals surface area contributed by atoms with Crippen molar-refractivity contribution in [3.05, 3.63) is 28.5 Å². The van der Waals surface area contributed by atoms with Gasteiger partial charge in [-0.3, -0.25) is 0 Å². The molecule has 1 atom stereocenters. The predicted molar refractivity (Wildman–Crippen MR) is 67.1 cm³/mol. The summed E-state index contributed by atoms with van der Waals surface area (Å²) in [5, 5.41) is 0. The lowest BCUT2D eigenvalue weighted by Crippen LogP contribution is -2.26. The first-order chi connectivity index (χ1) is 8.38. The molecule has 0 spiro atoms. The summed E-state index contributed by atoms with van der Waals surface area (Å²) in [6.45, 7) is 3.38. The number of thiazole rings is 1. The van der Waals surface area contributed by atoms with Gasteiger partial charge in [-0.2, -0.15) is 4.72 Å². The SMILES string of the molecule is Cc1cnc(C(C)NS(=O)(=O)c2cnc(Cl)s2)o1. The van der Waals surface area contributed by atoms with Crippen molar-refractivity contribution < 1.29 is 12.8 Å². The number of hydrogen-bond acceptors (Lipinski definition) is 6. The van der Waals surface area contributed by atoms with Gasteiger partial charge in [0, 0.05) is 0 Å². The van der Waals surface area contributed by atoms with E-state index >= 15 is 0 Å². The molecule has 2 heterocycles. The van der Waals surface area contributed by atoms with E-state index in [1.54, 1.807) is 13.8 Å². The number of nitrogens with zero attached hydrogens (tertiary/aromatic N) is 2. The van der Waals surface area contributed by atoms with Crippen LogP contribution in [0.25, 0.3) is 0 Å². The van der Waals surface area contributed by atoms with E-state index in [9.17, 15) is 8.42 Å². The van der Waals surface area contributed by atoms with Crippen molar-refractivity contribution in [1.82, 2.24) is 14.7 Å². The third-order valence-electron chi connectivity index (χ3n) is 2.06. The minimum absolute atomic E-state index is 0.0580. The fourth-order valence-corrected chi connectivity index (χ4v) is 3.78. The minimum Gasteiger partial charge on any atom is -0.444 e. The molecule has 2 rings (SSSR count). The molecule has 0 aromatic carbocycles. The molecule has 0 aliphatic rings. The summed E-state index contributed by atoms with van der Waals surface area (Å²) in [6, 6.07) is -0.565. The predicted octanol–water partition coefficient (Wildman–Crippen LogP) is 2.13. The summed E-state index contributed by atoms with van der Waals surface area (Å²) < 4.78 is 31.9. The molecule has 2 aromatic rings. The number of aromatic nitrogens is 2. The van der Waals surface area contributed by atoms with E-state index in [2.05, 4.69) is 14.7 Å². The zero-order valence-electron chi connectivity index (χ0n) is 9.55. The number of rotatable bonds is 4. The first kappa shape index (κ1) is 13.5. The van der Waals surface area contributed by atoms with E-state index in [-0.39, 0.29) is 8.68 Å². The summed E-state index contributed by atoms with van der Waals surface area (Å²) in [4.78, 5) is 7.66. The average molecular weight is 308 g/mol. The molecular weight excluding hydrogens is 298 g/mol. The summed E-state index contributed by atoms with van der Waals surface area (Å²) in [6.07, 6.45) is 2.74. The van der Waals surface area contributed by atoms with E-state index in [1.165, 1.54) is 12.4 Å². The highest BCUT2D eigenvalue weighted by atomic mass is 35.5. The monoisotopic (exact) mass is 307 g/mol. The summed E-state index contributed by atoms with van der Waals surface area (Å²) in [7, 11) is -3.66. The maximum Gasteiger partial charge on any atom is 0.252 e. The van der Waals surface area contributed by atoms with Gasteiger partial charge in [0.1, 0.15) is 5.76 Å². The van der Waals surface area contributed by atoms with Crippen LogP contribution in [-0.2, 0) is 10.0 Å². The maximum atomic E-state index is 12.0. The van der Waals surface area contributed by atoms with Crippen LogP contribution in [0.1, 0.15) is 24.6 Å². The van der Waals surface area contributed by atoms with E-state index in [0.717, 1.165) is 11.3 Å². The lowest BCUT2D eigenvalue weighted by Gasteiger charge is -2.09. The minimum atomic E-state index is -3.66. The van der Waals surface area contributed by atoms with Crippen molar-refractivity contribution in [2.45, 2.75) is 24.1 Å². The quantitative estimate of drug-likeness (QED) is 0.935. The Labute approximate surface area is 113 Å². The lowest BCUT2D eigenvalue weighted by molar-refractivity contribution is 0.428. The van der Waals surface area contributed by atoms with Gasteiger partial charge in [-0.1, -0.05) is 22.9 Å². The third kappa shape index (κ3) is 2.89. The maximum absolute atomic E-state index is 12.0. The second kappa shape index (κ2) is 4.96. The van der Waals surface area contributed by atoms with E-state index in [1.807, 2.05) is 0 Å². The summed E-state index contributed by atoms with van der Waals surface area (Å²) >= 11 is 6.50. The van der Waals surface area contributed by atoms with Crippen molar-refractivity contribution >= 4 is 33.0 Å². The zero-order chi connectivity index (χ0) is 13.3. The van der Waals surface area contributed by atoms with Crippen LogP contribution in [0, 0.1) is 6.92 Å². The zero-order valence-corrected chi connectivity index (χ0v) is 11.9. The molecule has 9 heteroatoms. The van der Waals surface area contributed by atoms with Gasteiger partial charge in [0.05, 0.1) is 18.4 Å². The first-order valence-corrected chi connectivity index (χ1v) is 7.62. The van der Waals surface area contributed by atoms with Crippen LogP contribution in [-0.4, -0.2) is 18.4 Å². The van der Waals surface area contributed by atoms with Crippen molar-refractivity contribution in [2.24, 2.45) is 0 Å². The number of sulfonamides is 1. The molecule has 2 aromatic heterocycles. The molecule has 6 nitrogen and oxygen atoms in total. The van der Waals surface area contributed by atoms with E-state index < -0.39 is 16.1 Å². The van der Waals surface area contributed by atoms with Crippen molar-refractivity contribution in [1.29, 1.82) is 0 Å². The normalized spacial score (nSPS) is 13.7. The summed E-state index contributed by atoms with van der Waals surface area (Å²) in [5.41, 5.74) is 0. The molecule has 0 amide bonds. The molecule has 0 aliphatic carbocycles. The van der Waals surface area contributed by atoms with Crippen molar-refractivity contribution in [2.75, 3.05) is 0 Å². The first-order valence-electron chi connectivity index (χ1n) is 4.94. The largest absolute Gasteiger partial charge is 0.444 e. The molecule has 0 aliphatic heterocycles. The van der Waals surface area contributed by atoms with Crippen LogP contribution in [0.4, 0.5) is 0 Å². The molecule has 1 N–H and O–H groups in total. The second-order valence-corrected chi connectivity index (χ2v) is 7.14. The standard InChI is InChI=1S/C9H10ClN3O3S2/c1-5-3-11-8(16-5)6(2)13-18(14,15)7-4-12-9(10)17-7/h3-4,6,13H,1-2H3. The van der Waals surface area contributed by atoms with Crippen LogP contribution in [0.15, 0.2) is 21.0 Å². The van der Waals surface area contributed by atoms with Crippen LogP contribution >= 0.6 is 22.9 Å². The van der Waals surface area contributed by atoms with Gasteiger partial charge in [-0.15, -0.1) is 0 Å². The van der Waals surface area contributed by atoms with Gasteiger partial charge >= 0.3 is 0 Å². The Morgan fingerprint density at radius 3 is 2.67 bits per heavy atom. The number of nitrogens with one attached hydrogen (secondary N) is 1. The van der Waals surface area contributed by atoms with Crippen molar-refractivity contribution in [3.63, 3.8) is 0 Å². The average Bonchev–Trinajstić information content (AvgIpc) is 2.86. The molecule has 18 heavy (non-hydrogen) atoms. The highest BCUT2D eigenvalue weighted by molar-refractivity contribution is 7.91. The van der Waals surface area contributed by atoms with E-state index in [4.69, 9.17) is 16.0 Å². The van der Waals surface area contributed by atoms with Gasteiger partial charge < -0.3 is 4.42 Å².